The normalized spacial score (nSPS) is 40.4. The summed E-state index contributed by atoms with van der Waals surface area (Å²) in [5, 5.41) is 3.56. The first kappa shape index (κ1) is 16.3. The molecule has 2 saturated heterocycles. The van der Waals surface area contributed by atoms with Gasteiger partial charge in [-0.3, -0.25) is 14.5 Å². The largest absolute Gasteiger partial charge is 0.468 e. The molecule has 1 aromatic carbocycles. The summed E-state index contributed by atoms with van der Waals surface area (Å²) in [4.78, 5) is 28.7. The minimum atomic E-state index is -0.704. The van der Waals surface area contributed by atoms with Crippen LogP contribution >= 0.6 is 0 Å². The molecule has 1 saturated carbocycles. The molecule has 26 heavy (non-hydrogen) atoms. The number of methoxy groups -OCH3 is 1. The van der Waals surface area contributed by atoms with Gasteiger partial charge in [-0.1, -0.05) is 31.5 Å². The first-order valence-electron chi connectivity index (χ1n) is 9.83. The molecule has 138 valence electrons. The highest BCUT2D eigenvalue weighted by atomic mass is 16.5. The molecule has 3 fully saturated rings. The van der Waals surface area contributed by atoms with Gasteiger partial charge in [-0.15, -0.1) is 0 Å². The van der Waals surface area contributed by atoms with Crippen LogP contribution in [0.4, 0.5) is 5.69 Å². The molecule has 1 N–H and O–H groups in total. The monoisotopic (exact) mass is 354 g/mol. The fraction of sp³-hybridized carbons (Fsp3) is 0.619. The van der Waals surface area contributed by atoms with Crippen LogP contribution in [0.1, 0.15) is 31.7 Å². The molecule has 0 unspecified atom stereocenters. The van der Waals surface area contributed by atoms with Crippen LogP contribution in [0, 0.1) is 17.8 Å². The Kier molecular flexibility index (Phi) is 3.48. The molecule has 1 aliphatic carbocycles. The van der Waals surface area contributed by atoms with Crippen molar-refractivity contribution < 1.29 is 14.3 Å². The summed E-state index contributed by atoms with van der Waals surface area (Å²) < 4.78 is 5.09. The number of nitrogens with one attached hydrogen (secondary N) is 1. The number of rotatable bonds is 2. The standard InChI is InChI=1S/C21H26N2O3/c1-3-12-10-13-17(24)16(20(25)26-2)18-21(8-9-23(11-12)19(13)21)14-6-4-5-7-15(14)22-18/h4-7,12-13,16,18-19,22H,3,8-11H2,1-2H3/t12-,13+,16+,18+,19+,21+/m0/s1. The fourth-order valence-corrected chi connectivity index (χ4v) is 6.49. The lowest BCUT2D eigenvalue weighted by Crippen LogP contribution is -2.67. The molecular weight excluding hydrogens is 328 g/mol. The Balaban J connectivity index is 1.69. The molecular formula is C21H26N2O3. The molecule has 0 aromatic heterocycles. The molecule has 1 aromatic rings. The van der Waals surface area contributed by atoms with Gasteiger partial charge in [0.15, 0.2) is 5.78 Å². The van der Waals surface area contributed by atoms with E-state index in [9.17, 15) is 9.59 Å². The number of nitrogens with zero attached hydrogens (tertiary/aromatic N) is 1. The number of hydrogen-bond acceptors (Lipinski definition) is 5. The van der Waals surface area contributed by atoms with Gasteiger partial charge in [0.05, 0.1) is 13.2 Å². The predicted molar refractivity (Wildman–Crippen MR) is 97.9 cm³/mol. The number of piperidine rings is 1. The van der Waals surface area contributed by atoms with E-state index in [0.29, 0.717) is 5.92 Å². The van der Waals surface area contributed by atoms with Crippen LogP contribution in [-0.4, -0.2) is 48.9 Å². The van der Waals surface area contributed by atoms with Gasteiger partial charge in [0.25, 0.3) is 0 Å². The third-order valence-electron chi connectivity index (χ3n) is 7.53. The topological polar surface area (TPSA) is 58.6 Å². The Labute approximate surface area is 154 Å². The third kappa shape index (κ3) is 1.85. The number of fused-ring (bicyclic) bond motifs is 1. The highest BCUT2D eigenvalue weighted by Gasteiger charge is 2.69. The van der Waals surface area contributed by atoms with Crippen molar-refractivity contribution in [1.82, 2.24) is 4.90 Å². The van der Waals surface area contributed by atoms with E-state index >= 15 is 0 Å². The summed E-state index contributed by atoms with van der Waals surface area (Å²) in [6.45, 7) is 4.28. The lowest BCUT2D eigenvalue weighted by Gasteiger charge is -2.53. The number of ether oxygens (including phenoxy) is 1. The molecule has 3 aliphatic heterocycles. The van der Waals surface area contributed by atoms with Gasteiger partial charge in [0.1, 0.15) is 5.92 Å². The van der Waals surface area contributed by atoms with Gasteiger partial charge >= 0.3 is 5.97 Å². The van der Waals surface area contributed by atoms with Gasteiger partial charge in [-0.25, -0.2) is 0 Å². The van der Waals surface area contributed by atoms with E-state index in [-0.39, 0.29) is 35.2 Å². The maximum atomic E-state index is 13.5. The van der Waals surface area contributed by atoms with Crippen LogP contribution in [0.15, 0.2) is 24.3 Å². The van der Waals surface area contributed by atoms with Crippen molar-refractivity contribution in [3.8, 4) is 0 Å². The maximum Gasteiger partial charge on any atom is 0.318 e. The van der Waals surface area contributed by atoms with E-state index in [0.717, 1.165) is 38.0 Å². The lowest BCUT2D eigenvalue weighted by molar-refractivity contribution is -0.157. The van der Waals surface area contributed by atoms with Crippen molar-refractivity contribution in [1.29, 1.82) is 0 Å². The zero-order valence-corrected chi connectivity index (χ0v) is 15.4. The summed E-state index contributed by atoms with van der Waals surface area (Å²) in [5.41, 5.74) is 2.21. The number of esters is 1. The van der Waals surface area contributed by atoms with Gasteiger partial charge < -0.3 is 10.1 Å². The number of carbonyl (C=O) groups is 2. The van der Waals surface area contributed by atoms with Crippen molar-refractivity contribution in [3.05, 3.63) is 29.8 Å². The minimum absolute atomic E-state index is 0.0653. The zero-order valence-electron chi connectivity index (χ0n) is 15.4. The van der Waals surface area contributed by atoms with Crippen molar-refractivity contribution in [2.75, 3.05) is 25.5 Å². The fourth-order valence-electron chi connectivity index (χ4n) is 6.49. The van der Waals surface area contributed by atoms with Crippen LogP contribution in [0.2, 0.25) is 0 Å². The summed E-state index contributed by atoms with van der Waals surface area (Å²) in [6.07, 6.45) is 2.99. The summed E-state index contributed by atoms with van der Waals surface area (Å²) in [5.74, 6) is -0.522. The summed E-state index contributed by atoms with van der Waals surface area (Å²) >= 11 is 0. The van der Waals surface area contributed by atoms with Crippen molar-refractivity contribution in [3.63, 3.8) is 0 Å². The van der Waals surface area contributed by atoms with Crippen molar-refractivity contribution in [2.45, 2.75) is 43.7 Å². The highest BCUT2D eigenvalue weighted by molar-refractivity contribution is 6.04. The molecule has 0 radical (unpaired) electrons. The first-order valence-corrected chi connectivity index (χ1v) is 9.83. The number of anilines is 1. The van der Waals surface area contributed by atoms with Gasteiger partial charge in [0.2, 0.25) is 0 Å². The SMILES string of the molecule is CC[C@H]1C[C@@H]2C(=O)[C@@H](C(=O)OC)[C@H]3Nc4ccccc4[C@]34CCN(C1)[C@H]24. The number of Topliss-reactive ketones (excluding diaryl/α,β-unsaturated/α-hetero) is 1. The Bertz CT molecular complexity index is 778. The quantitative estimate of drug-likeness (QED) is 0.652. The molecule has 1 spiro atoms. The maximum absolute atomic E-state index is 13.5. The number of ketones is 1. The second-order valence-electron chi connectivity index (χ2n) is 8.42. The Morgan fingerprint density at radius 1 is 1.38 bits per heavy atom. The Hall–Kier alpha value is -1.88. The van der Waals surface area contributed by atoms with E-state index in [2.05, 4.69) is 35.3 Å². The average molecular weight is 354 g/mol. The third-order valence-corrected chi connectivity index (χ3v) is 7.53. The molecule has 6 atom stereocenters. The summed E-state index contributed by atoms with van der Waals surface area (Å²) in [7, 11) is 1.40. The highest BCUT2D eigenvalue weighted by Crippen LogP contribution is 2.59. The van der Waals surface area contributed by atoms with Crippen LogP contribution < -0.4 is 5.32 Å². The molecule has 5 rings (SSSR count). The second kappa shape index (κ2) is 5.56. The molecule has 3 heterocycles. The van der Waals surface area contributed by atoms with E-state index < -0.39 is 5.92 Å². The Morgan fingerprint density at radius 2 is 2.19 bits per heavy atom. The van der Waals surface area contributed by atoms with Crippen molar-refractivity contribution >= 4 is 17.4 Å². The van der Waals surface area contributed by atoms with Crippen LogP contribution in [0.5, 0.6) is 0 Å². The van der Waals surface area contributed by atoms with E-state index in [1.54, 1.807) is 0 Å². The Morgan fingerprint density at radius 3 is 2.96 bits per heavy atom. The smallest absolute Gasteiger partial charge is 0.318 e. The number of hydrogen-bond donors (Lipinski definition) is 1. The van der Waals surface area contributed by atoms with E-state index in [1.165, 1.54) is 12.7 Å². The van der Waals surface area contributed by atoms with Gasteiger partial charge in [-0.05, 0) is 36.9 Å². The number of para-hydroxylation sites is 1. The van der Waals surface area contributed by atoms with Crippen LogP contribution in [0.3, 0.4) is 0 Å². The number of carbonyl (C=O) groups excluding carboxylic acids is 2. The first-order chi connectivity index (χ1) is 12.6. The number of benzene rings is 1. The molecule has 5 nitrogen and oxygen atoms in total. The summed E-state index contributed by atoms with van der Waals surface area (Å²) in [6, 6.07) is 8.39. The molecule has 0 amide bonds. The van der Waals surface area contributed by atoms with Crippen molar-refractivity contribution in [2.24, 2.45) is 17.8 Å². The molecule has 0 bridgehead atoms. The van der Waals surface area contributed by atoms with Crippen LogP contribution in [0.25, 0.3) is 0 Å². The van der Waals surface area contributed by atoms with Crippen LogP contribution in [-0.2, 0) is 19.7 Å². The van der Waals surface area contributed by atoms with E-state index in [4.69, 9.17) is 4.74 Å². The second-order valence-corrected chi connectivity index (χ2v) is 8.42. The molecule has 4 aliphatic rings. The molecule has 5 heteroatoms. The zero-order chi connectivity index (χ0) is 18.1. The van der Waals surface area contributed by atoms with E-state index in [1.807, 2.05) is 6.07 Å². The average Bonchev–Trinajstić information content (AvgIpc) is 3.21. The van der Waals surface area contributed by atoms with Gasteiger partial charge in [-0.2, -0.15) is 0 Å². The minimum Gasteiger partial charge on any atom is -0.468 e. The predicted octanol–water partition coefficient (Wildman–Crippen LogP) is 2.21. The van der Waals surface area contributed by atoms with Gasteiger partial charge in [0, 0.05) is 29.6 Å². The lowest BCUT2D eigenvalue weighted by atomic mass is 9.55.